The lowest BCUT2D eigenvalue weighted by Gasteiger charge is -2.22. The first-order chi connectivity index (χ1) is 14.6. The van der Waals surface area contributed by atoms with E-state index >= 15 is 0 Å². The Kier molecular flexibility index (Phi) is 5.04. The molecule has 3 N–H and O–H groups in total. The number of carbonyl (C=O) groups is 2. The number of carboxylic acids is 1. The number of aromatic nitrogens is 2. The SMILES string of the molecule is N#CC1(C(N)=O)CC1N1C[C@H](S(=O)(=O)c2ccc(-n3cccn3)cc2Cl)C[C@H]1C(=O)O. The molecule has 4 atom stereocenters. The number of sulfone groups is 1. The summed E-state index contributed by atoms with van der Waals surface area (Å²) in [6, 6.07) is 6.09. The van der Waals surface area contributed by atoms with E-state index in [1.165, 1.54) is 21.7 Å². The summed E-state index contributed by atoms with van der Waals surface area (Å²) in [6.45, 7) is -0.141. The molecule has 1 saturated heterocycles. The molecule has 162 valence electrons. The Bertz CT molecular complexity index is 1210. The normalized spacial score (nSPS) is 28.2. The van der Waals surface area contributed by atoms with Crippen LogP contribution in [0.2, 0.25) is 5.02 Å². The summed E-state index contributed by atoms with van der Waals surface area (Å²) >= 11 is 6.27. The van der Waals surface area contributed by atoms with Crippen LogP contribution in [-0.2, 0) is 19.4 Å². The summed E-state index contributed by atoms with van der Waals surface area (Å²) in [5.74, 6) is -2.06. The molecule has 1 saturated carbocycles. The monoisotopic (exact) mass is 463 g/mol. The van der Waals surface area contributed by atoms with Crippen LogP contribution in [0.4, 0.5) is 0 Å². The summed E-state index contributed by atoms with van der Waals surface area (Å²) in [7, 11) is -3.99. The van der Waals surface area contributed by atoms with Crippen molar-refractivity contribution in [3.63, 3.8) is 0 Å². The van der Waals surface area contributed by atoms with E-state index in [2.05, 4.69) is 5.10 Å². The third-order valence-corrected chi connectivity index (χ3v) is 8.59. The van der Waals surface area contributed by atoms with Crippen LogP contribution < -0.4 is 5.73 Å². The molecular formula is C19H18ClN5O5S. The molecule has 1 aliphatic carbocycles. The van der Waals surface area contributed by atoms with Gasteiger partial charge in [-0.15, -0.1) is 0 Å². The van der Waals surface area contributed by atoms with Crippen molar-refractivity contribution in [2.24, 2.45) is 11.1 Å². The number of benzene rings is 1. The zero-order valence-corrected chi connectivity index (χ0v) is 17.6. The van der Waals surface area contributed by atoms with Crippen LogP contribution in [0.15, 0.2) is 41.6 Å². The number of hydrogen-bond acceptors (Lipinski definition) is 7. The lowest BCUT2D eigenvalue weighted by Crippen LogP contribution is -2.42. The number of amides is 1. The molecule has 0 radical (unpaired) electrons. The molecule has 1 aliphatic heterocycles. The van der Waals surface area contributed by atoms with Gasteiger partial charge in [0.15, 0.2) is 15.3 Å². The Morgan fingerprint density at radius 2 is 2.13 bits per heavy atom. The van der Waals surface area contributed by atoms with Crippen LogP contribution in [0, 0.1) is 16.7 Å². The average Bonchev–Trinajstić information content (AvgIpc) is 3.08. The highest BCUT2D eigenvalue weighted by atomic mass is 35.5. The molecule has 1 aromatic heterocycles. The summed E-state index contributed by atoms with van der Waals surface area (Å²) < 4.78 is 28.1. The van der Waals surface area contributed by atoms with Crippen molar-refractivity contribution in [3.05, 3.63) is 41.7 Å². The van der Waals surface area contributed by atoms with E-state index in [1.807, 2.05) is 6.07 Å². The molecule has 2 aliphatic rings. The molecule has 2 fully saturated rings. The lowest BCUT2D eigenvalue weighted by atomic mass is 10.1. The average molecular weight is 464 g/mol. The molecular weight excluding hydrogens is 446 g/mol. The second kappa shape index (κ2) is 7.33. The largest absolute Gasteiger partial charge is 0.480 e. The number of nitrogens with zero attached hydrogens (tertiary/aromatic N) is 4. The maximum atomic E-state index is 13.3. The van der Waals surface area contributed by atoms with E-state index < -0.39 is 44.5 Å². The molecule has 2 heterocycles. The molecule has 4 rings (SSSR count). The Morgan fingerprint density at radius 3 is 2.65 bits per heavy atom. The van der Waals surface area contributed by atoms with Gasteiger partial charge in [0.25, 0.3) is 0 Å². The fourth-order valence-corrected chi connectivity index (χ4v) is 6.43. The molecule has 2 aromatic rings. The number of primary amides is 1. The van der Waals surface area contributed by atoms with Gasteiger partial charge >= 0.3 is 5.97 Å². The lowest BCUT2D eigenvalue weighted by molar-refractivity contribution is -0.142. The first kappa shape index (κ1) is 21.3. The molecule has 2 unspecified atom stereocenters. The minimum absolute atomic E-state index is 0.00625. The van der Waals surface area contributed by atoms with Gasteiger partial charge in [0.2, 0.25) is 5.91 Å². The first-order valence-corrected chi connectivity index (χ1v) is 11.3. The molecule has 0 bridgehead atoms. The van der Waals surface area contributed by atoms with Gasteiger partial charge in [-0.05, 0) is 37.1 Å². The summed E-state index contributed by atoms with van der Waals surface area (Å²) in [5.41, 5.74) is 4.41. The van der Waals surface area contributed by atoms with Gasteiger partial charge in [0, 0.05) is 25.0 Å². The maximum Gasteiger partial charge on any atom is 0.320 e. The van der Waals surface area contributed by atoms with Gasteiger partial charge in [-0.1, -0.05) is 11.6 Å². The Balaban J connectivity index is 1.63. The number of carbonyl (C=O) groups excluding carboxylic acids is 1. The number of likely N-dealkylation sites (tertiary alicyclic amines) is 1. The van der Waals surface area contributed by atoms with Gasteiger partial charge in [0.1, 0.15) is 6.04 Å². The Labute approximate surface area is 182 Å². The van der Waals surface area contributed by atoms with Crippen LogP contribution in [0.25, 0.3) is 5.69 Å². The van der Waals surface area contributed by atoms with Crippen molar-refractivity contribution in [2.75, 3.05) is 6.54 Å². The summed E-state index contributed by atoms with van der Waals surface area (Å²) in [4.78, 5) is 24.8. The fourth-order valence-electron chi connectivity index (χ4n) is 4.18. The number of halogens is 1. The Morgan fingerprint density at radius 1 is 1.39 bits per heavy atom. The molecule has 10 nitrogen and oxygen atoms in total. The minimum atomic E-state index is -3.99. The van der Waals surface area contributed by atoms with Gasteiger partial charge < -0.3 is 10.8 Å². The number of nitriles is 1. The van der Waals surface area contributed by atoms with E-state index in [-0.39, 0.29) is 29.3 Å². The van der Waals surface area contributed by atoms with Gasteiger partial charge in [-0.25, -0.2) is 13.1 Å². The highest BCUT2D eigenvalue weighted by molar-refractivity contribution is 7.92. The van der Waals surface area contributed by atoms with Crippen molar-refractivity contribution >= 4 is 33.3 Å². The Hall–Kier alpha value is -2.94. The molecule has 31 heavy (non-hydrogen) atoms. The van der Waals surface area contributed by atoms with Crippen molar-refractivity contribution < 1.29 is 23.1 Å². The third-order valence-electron chi connectivity index (χ3n) is 5.98. The van der Waals surface area contributed by atoms with E-state index in [9.17, 15) is 28.4 Å². The van der Waals surface area contributed by atoms with Crippen molar-refractivity contribution in [3.8, 4) is 11.8 Å². The van der Waals surface area contributed by atoms with Crippen LogP contribution in [0.3, 0.4) is 0 Å². The number of carboxylic acid groups (broad SMARTS) is 1. The zero-order valence-electron chi connectivity index (χ0n) is 16.1. The van der Waals surface area contributed by atoms with E-state index in [0.717, 1.165) is 0 Å². The van der Waals surface area contributed by atoms with E-state index in [4.69, 9.17) is 17.3 Å². The van der Waals surface area contributed by atoms with E-state index in [1.54, 1.807) is 24.5 Å². The van der Waals surface area contributed by atoms with Gasteiger partial charge in [-0.3, -0.25) is 14.5 Å². The predicted molar refractivity (Wildman–Crippen MR) is 108 cm³/mol. The molecule has 12 heteroatoms. The standard InChI is InChI=1S/C19H18ClN5O5S/c20-13-6-11(25-5-1-4-23-25)2-3-15(13)31(29,30)12-7-14(17(26)27)24(9-12)16-8-19(16,10-21)18(22)28/h1-6,12,14,16H,7-9H2,(H2,22,28)(H,26,27)/t12-,14+,16?,19?/m1/s1. The number of nitrogens with two attached hydrogens (primary N) is 1. The van der Waals surface area contributed by atoms with E-state index in [0.29, 0.717) is 5.69 Å². The molecule has 1 aromatic carbocycles. The smallest absolute Gasteiger partial charge is 0.320 e. The zero-order chi connectivity index (χ0) is 22.6. The molecule has 0 spiro atoms. The second-order valence-electron chi connectivity index (χ2n) is 7.69. The third kappa shape index (κ3) is 3.37. The van der Waals surface area contributed by atoms with Gasteiger partial charge in [-0.2, -0.15) is 10.4 Å². The fraction of sp³-hybridized carbons (Fsp3) is 0.368. The number of hydrogen-bond donors (Lipinski definition) is 2. The highest BCUT2D eigenvalue weighted by Gasteiger charge is 2.66. The maximum absolute atomic E-state index is 13.3. The number of aliphatic carboxylic acids is 1. The van der Waals surface area contributed by atoms with Crippen molar-refractivity contribution in [2.45, 2.75) is 35.1 Å². The topological polar surface area (TPSA) is 159 Å². The van der Waals surface area contributed by atoms with Crippen LogP contribution >= 0.6 is 11.6 Å². The van der Waals surface area contributed by atoms with Crippen LogP contribution in [0.5, 0.6) is 0 Å². The summed E-state index contributed by atoms with van der Waals surface area (Å²) in [5, 5.41) is 22.0. The quantitative estimate of drug-likeness (QED) is 0.629. The van der Waals surface area contributed by atoms with Crippen LogP contribution in [0.1, 0.15) is 12.8 Å². The van der Waals surface area contributed by atoms with Crippen molar-refractivity contribution in [1.82, 2.24) is 14.7 Å². The van der Waals surface area contributed by atoms with Crippen LogP contribution in [-0.4, -0.2) is 64.0 Å². The predicted octanol–water partition coefficient (Wildman–Crippen LogP) is 0.594. The van der Waals surface area contributed by atoms with Gasteiger partial charge in [0.05, 0.1) is 26.9 Å². The van der Waals surface area contributed by atoms with Crippen molar-refractivity contribution in [1.29, 1.82) is 5.26 Å². The second-order valence-corrected chi connectivity index (χ2v) is 10.3. The number of rotatable bonds is 6. The highest BCUT2D eigenvalue weighted by Crippen LogP contribution is 2.51. The first-order valence-electron chi connectivity index (χ1n) is 9.35. The summed E-state index contributed by atoms with van der Waals surface area (Å²) in [6.07, 6.45) is 3.14. The molecule has 1 amide bonds. The minimum Gasteiger partial charge on any atom is -0.480 e.